The second kappa shape index (κ2) is 10.9. The average Bonchev–Trinajstić information content (AvgIpc) is 2.71. The minimum Gasteiger partial charge on any atom is -0.375 e. The number of ether oxygens (including phenoxy) is 1. The van der Waals surface area contributed by atoms with Crippen molar-refractivity contribution < 1.29 is 9.13 Å². The highest BCUT2D eigenvalue weighted by Crippen LogP contribution is 2.17. The first-order valence-corrected chi connectivity index (χ1v) is 8.76. The first-order chi connectivity index (χ1) is 13.2. The van der Waals surface area contributed by atoms with Crippen LogP contribution in [0.1, 0.15) is 17.2 Å². The van der Waals surface area contributed by atoms with Gasteiger partial charge < -0.3 is 15.4 Å². The summed E-state index contributed by atoms with van der Waals surface area (Å²) in [5.74, 6) is 0.406. The van der Waals surface area contributed by atoms with E-state index in [0.29, 0.717) is 19.0 Å². The molecule has 0 aliphatic carbocycles. The van der Waals surface area contributed by atoms with Gasteiger partial charge in [0, 0.05) is 38.8 Å². The Morgan fingerprint density at radius 3 is 2.57 bits per heavy atom. The number of fused-ring (bicyclic) bond motifs is 1. The molecule has 2 aromatic carbocycles. The number of aliphatic imine (C=N–C) groups is 1. The topological polar surface area (TPSA) is 58.5 Å². The molecule has 0 bridgehead atoms. The molecule has 0 fully saturated rings. The number of hydrogen-bond donors (Lipinski definition) is 2. The van der Waals surface area contributed by atoms with Gasteiger partial charge in [-0.15, -0.1) is 24.0 Å². The number of nitrogens with one attached hydrogen (secondary N) is 2. The summed E-state index contributed by atoms with van der Waals surface area (Å²) in [6.45, 7) is 1.13. The Labute approximate surface area is 181 Å². The Balaban J connectivity index is 0.00000280. The Bertz CT molecular complexity index is 912. The van der Waals surface area contributed by atoms with Crippen LogP contribution in [0.5, 0.6) is 0 Å². The van der Waals surface area contributed by atoms with E-state index in [1.165, 1.54) is 12.1 Å². The standard InChI is InChI=1S/C21H23FN4O.HI/c1-23-21(26-14-20(27-2)15-7-9-17(22)10-8-15)25-13-16-11-12-24-19-6-4-3-5-18(16)19;/h3-12,20H,13-14H2,1-2H3,(H2,23,25,26);1H. The number of benzene rings is 2. The number of aromatic nitrogens is 1. The molecule has 5 nitrogen and oxygen atoms in total. The zero-order chi connectivity index (χ0) is 19.1. The van der Waals surface area contributed by atoms with Gasteiger partial charge in [0.15, 0.2) is 5.96 Å². The van der Waals surface area contributed by atoms with Gasteiger partial charge in [-0.2, -0.15) is 0 Å². The zero-order valence-electron chi connectivity index (χ0n) is 15.9. The van der Waals surface area contributed by atoms with Crippen LogP contribution in [0.2, 0.25) is 0 Å². The molecular weight excluding hydrogens is 470 g/mol. The zero-order valence-corrected chi connectivity index (χ0v) is 18.2. The summed E-state index contributed by atoms with van der Waals surface area (Å²) < 4.78 is 18.6. The predicted molar refractivity (Wildman–Crippen MR) is 122 cm³/mol. The number of rotatable bonds is 6. The van der Waals surface area contributed by atoms with Crippen molar-refractivity contribution in [2.75, 3.05) is 20.7 Å². The van der Waals surface area contributed by atoms with E-state index < -0.39 is 0 Å². The molecule has 1 heterocycles. The van der Waals surface area contributed by atoms with Crippen molar-refractivity contribution in [1.29, 1.82) is 0 Å². The first-order valence-electron chi connectivity index (χ1n) is 8.76. The molecule has 7 heteroatoms. The third-order valence-electron chi connectivity index (χ3n) is 4.39. The van der Waals surface area contributed by atoms with Crippen LogP contribution in [0, 0.1) is 5.82 Å². The molecule has 148 valence electrons. The number of para-hydroxylation sites is 1. The van der Waals surface area contributed by atoms with Gasteiger partial charge in [0.2, 0.25) is 0 Å². The molecule has 0 aliphatic heterocycles. The summed E-state index contributed by atoms with van der Waals surface area (Å²) in [5, 5.41) is 7.68. The molecule has 1 unspecified atom stereocenters. The van der Waals surface area contributed by atoms with Crippen molar-refractivity contribution in [3.05, 3.63) is 77.7 Å². The second-order valence-electron chi connectivity index (χ2n) is 6.07. The summed E-state index contributed by atoms with van der Waals surface area (Å²) >= 11 is 0. The third-order valence-corrected chi connectivity index (χ3v) is 4.39. The predicted octanol–water partition coefficient (Wildman–Crippen LogP) is 4.04. The maximum absolute atomic E-state index is 13.1. The fourth-order valence-corrected chi connectivity index (χ4v) is 2.91. The largest absolute Gasteiger partial charge is 0.375 e. The molecule has 0 saturated carbocycles. The Morgan fingerprint density at radius 1 is 1.11 bits per heavy atom. The molecule has 0 spiro atoms. The van der Waals surface area contributed by atoms with Gasteiger partial charge in [-0.3, -0.25) is 9.98 Å². The van der Waals surface area contributed by atoms with Crippen LogP contribution in [0.25, 0.3) is 10.9 Å². The number of halogens is 2. The summed E-state index contributed by atoms with van der Waals surface area (Å²) in [7, 11) is 3.36. The van der Waals surface area contributed by atoms with Crippen LogP contribution >= 0.6 is 24.0 Å². The molecule has 0 radical (unpaired) electrons. The molecule has 0 aliphatic rings. The smallest absolute Gasteiger partial charge is 0.191 e. The highest BCUT2D eigenvalue weighted by Gasteiger charge is 2.11. The van der Waals surface area contributed by atoms with Crippen molar-refractivity contribution in [3.63, 3.8) is 0 Å². The Morgan fingerprint density at radius 2 is 1.86 bits per heavy atom. The summed E-state index contributed by atoms with van der Waals surface area (Å²) in [6.07, 6.45) is 1.61. The van der Waals surface area contributed by atoms with Gasteiger partial charge >= 0.3 is 0 Å². The van der Waals surface area contributed by atoms with Gasteiger partial charge in [-0.05, 0) is 35.4 Å². The summed E-state index contributed by atoms with van der Waals surface area (Å²) in [5.41, 5.74) is 3.02. The van der Waals surface area contributed by atoms with Crippen LogP contribution in [-0.4, -0.2) is 31.6 Å². The van der Waals surface area contributed by atoms with Crippen LogP contribution in [-0.2, 0) is 11.3 Å². The molecule has 2 N–H and O–H groups in total. The molecule has 0 amide bonds. The Kier molecular flexibility index (Phi) is 8.59. The van der Waals surface area contributed by atoms with Gasteiger partial charge in [0.1, 0.15) is 5.82 Å². The minimum absolute atomic E-state index is 0. The fourth-order valence-electron chi connectivity index (χ4n) is 2.91. The number of guanidine groups is 1. The van der Waals surface area contributed by atoms with E-state index in [1.54, 1.807) is 26.3 Å². The number of pyridine rings is 1. The van der Waals surface area contributed by atoms with Gasteiger partial charge in [0.05, 0.1) is 11.6 Å². The lowest BCUT2D eigenvalue weighted by Crippen LogP contribution is -2.39. The van der Waals surface area contributed by atoms with Crippen molar-refractivity contribution in [2.24, 2.45) is 4.99 Å². The molecule has 3 rings (SSSR count). The van der Waals surface area contributed by atoms with Gasteiger partial charge in [0.25, 0.3) is 0 Å². The first kappa shape index (κ1) is 22.0. The summed E-state index contributed by atoms with van der Waals surface area (Å²) in [6, 6.07) is 16.4. The van der Waals surface area contributed by atoms with E-state index in [2.05, 4.69) is 26.7 Å². The minimum atomic E-state index is -0.261. The molecule has 1 aromatic heterocycles. The maximum atomic E-state index is 13.1. The number of methoxy groups -OCH3 is 1. The highest BCUT2D eigenvalue weighted by atomic mass is 127. The quantitative estimate of drug-likeness (QED) is 0.309. The SMILES string of the molecule is CN=C(NCc1ccnc2ccccc12)NCC(OC)c1ccc(F)cc1.I. The van der Waals surface area contributed by atoms with E-state index in [4.69, 9.17) is 4.74 Å². The van der Waals surface area contributed by atoms with E-state index in [9.17, 15) is 4.39 Å². The van der Waals surface area contributed by atoms with E-state index in [-0.39, 0.29) is 35.9 Å². The van der Waals surface area contributed by atoms with Crippen molar-refractivity contribution in [3.8, 4) is 0 Å². The monoisotopic (exact) mass is 494 g/mol. The van der Waals surface area contributed by atoms with E-state index >= 15 is 0 Å². The molecule has 0 saturated heterocycles. The Hall–Kier alpha value is -2.26. The third kappa shape index (κ3) is 5.62. The van der Waals surface area contributed by atoms with E-state index in [1.807, 2.05) is 30.5 Å². The number of hydrogen-bond acceptors (Lipinski definition) is 3. The highest BCUT2D eigenvalue weighted by molar-refractivity contribution is 14.0. The molecule has 28 heavy (non-hydrogen) atoms. The lowest BCUT2D eigenvalue weighted by atomic mass is 10.1. The van der Waals surface area contributed by atoms with Crippen molar-refractivity contribution in [1.82, 2.24) is 15.6 Å². The van der Waals surface area contributed by atoms with E-state index in [0.717, 1.165) is 22.0 Å². The maximum Gasteiger partial charge on any atom is 0.191 e. The fraction of sp³-hybridized carbons (Fsp3) is 0.238. The molecular formula is C21H24FIN4O. The average molecular weight is 494 g/mol. The second-order valence-corrected chi connectivity index (χ2v) is 6.07. The normalized spacial score (nSPS) is 12.3. The lowest BCUT2D eigenvalue weighted by Gasteiger charge is -2.19. The van der Waals surface area contributed by atoms with Crippen LogP contribution in [0.15, 0.2) is 65.8 Å². The molecule has 1 atom stereocenters. The molecule has 3 aromatic rings. The van der Waals surface area contributed by atoms with Crippen molar-refractivity contribution in [2.45, 2.75) is 12.6 Å². The van der Waals surface area contributed by atoms with Gasteiger partial charge in [-0.25, -0.2) is 4.39 Å². The van der Waals surface area contributed by atoms with Crippen LogP contribution in [0.3, 0.4) is 0 Å². The van der Waals surface area contributed by atoms with Crippen molar-refractivity contribution >= 4 is 40.8 Å². The van der Waals surface area contributed by atoms with Crippen LogP contribution < -0.4 is 10.6 Å². The van der Waals surface area contributed by atoms with Gasteiger partial charge in [-0.1, -0.05) is 30.3 Å². The summed E-state index contributed by atoms with van der Waals surface area (Å²) in [4.78, 5) is 8.64. The number of nitrogens with zero attached hydrogens (tertiary/aromatic N) is 2. The lowest BCUT2D eigenvalue weighted by molar-refractivity contribution is 0.106. The van der Waals surface area contributed by atoms with Crippen LogP contribution in [0.4, 0.5) is 4.39 Å².